The van der Waals surface area contributed by atoms with Crippen molar-refractivity contribution in [1.29, 1.82) is 0 Å². The Labute approximate surface area is 175 Å². The van der Waals surface area contributed by atoms with Gasteiger partial charge in [0.25, 0.3) is 0 Å². The van der Waals surface area contributed by atoms with Gasteiger partial charge < -0.3 is 14.8 Å². The molecule has 0 bridgehead atoms. The van der Waals surface area contributed by atoms with Crippen LogP contribution in [0, 0.1) is 0 Å². The van der Waals surface area contributed by atoms with E-state index in [0.717, 1.165) is 49.6 Å². The van der Waals surface area contributed by atoms with Crippen LogP contribution >= 0.6 is 46.9 Å². The van der Waals surface area contributed by atoms with Gasteiger partial charge in [-0.2, -0.15) is 0 Å². The molecule has 138 valence electrons. The zero-order valence-electron chi connectivity index (χ0n) is 14.6. The van der Waals surface area contributed by atoms with Crippen LogP contribution in [0.5, 0.6) is 0 Å². The summed E-state index contributed by atoms with van der Waals surface area (Å²) in [4.78, 5) is 10.6. The monoisotopic (exact) mass is 493 g/mol. The Kier molecular flexibility index (Phi) is 8.05. The maximum atomic E-state index is 6.02. The zero-order valence-corrected chi connectivity index (χ0v) is 18.5. The summed E-state index contributed by atoms with van der Waals surface area (Å²) in [5.74, 6) is 0.981. The molecule has 0 amide bonds. The number of piperazine rings is 1. The summed E-state index contributed by atoms with van der Waals surface area (Å²) >= 11 is 7.69. The maximum absolute atomic E-state index is 6.02. The second-order valence-corrected chi connectivity index (χ2v) is 7.78. The number of aliphatic imine (C=N–C) groups is 1. The fraction of sp³-hybridized carbons (Fsp3) is 0.471. The van der Waals surface area contributed by atoms with Crippen LogP contribution in [0.1, 0.15) is 10.6 Å². The van der Waals surface area contributed by atoms with E-state index in [1.54, 1.807) is 11.3 Å². The number of rotatable bonds is 4. The van der Waals surface area contributed by atoms with Crippen LogP contribution in [0.2, 0.25) is 4.34 Å². The molecule has 0 saturated carbocycles. The van der Waals surface area contributed by atoms with Crippen molar-refractivity contribution >= 4 is 52.9 Å². The first-order valence-electron chi connectivity index (χ1n) is 8.18. The summed E-state index contributed by atoms with van der Waals surface area (Å²) in [6.07, 6.45) is 2.06. The van der Waals surface area contributed by atoms with Crippen molar-refractivity contribution in [1.82, 2.24) is 19.7 Å². The maximum Gasteiger partial charge on any atom is 0.194 e. The van der Waals surface area contributed by atoms with Crippen molar-refractivity contribution in [2.24, 2.45) is 12.0 Å². The third kappa shape index (κ3) is 5.60. The molecule has 0 unspecified atom stereocenters. The largest absolute Gasteiger partial charge is 0.353 e. The van der Waals surface area contributed by atoms with Gasteiger partial charge in [0.1, 0.15) is 0 Å². The number of hydrogen-bond acceptors (Lipinski definition) is 3. The summed E-state index contributed by atoms with van der Waals surface area (Å²) < 4.78 is 3.00. The molecule has 0 atom stereocenters. The average Bonchev–Trinajstić information content (AvgIpc) is 3.18. The number of thiophene rings is 1. The van der Waals surface area contributed by atoms with E-state index in [9.17, 15) is 0 Å². The highest BCUT2D eigenvalue weighted by atomic mass is 127. The minimum absolute atomic E-state index is 0. The van der Waals surface area contributed by atoms with E-state index in [1.807, 2.05) is 13.1 Å². The first-order chi connectivity index (χ1) is 11.7. The molecule has 0 spiro atoms. The molecule has 0 aromatic carbocycles. The molecule has 2 aromatic rings. The molecule has 1 aliphatic rings. The predicted molar refractivity (Wildman–Crippen MR) is 117 cm³/mol. The van der Waals surface area contributed by atoms with Crippen LogP contribution in [0.25, 0.3) is 0 Å². The lowest BCUT2D eigenvalue weighted by Crippen LogP contribution is -2.52. The lowest BCUT2D eigenvalue weighted by Gasteiger charge is -2.36. The number of nitrogens with one attached hydrogen (secondary N) is 1. The lowest BCUT2D eigenvalue weighted by molar-refractivity contribution is 0.173. The van der Waals surface area contributed by atoms with Crippen molar-refractivity contribution in [3.05, 3.63) is 45.4 Å². The fourth-order valence-corrected chi connectivity index (χ4v) is 4.09. The third-order valence-corrected chi connectivity index (χ3v) is 5.59. The summed E-state index contributed by atoms with van der Waals surface area (Å²) in [7, 11) is 3.92. The van der Waals surface area contributed by atoms with Gasteiger partial charge in [0, 0.05) is 63.6 Å². The van der Waals surface area contributed by atoms with Gasteiger partial charge in [0.2, 0.25) is 0 Å². The normalized spacial score (nSPS) is 16.0. The molecule has 1 fully saturated rings. The number of halogens is 2. The molecule has 8 heteroatoms. The first-order valence-corrected chi connectivity index (χ1v) is 9.37. The molecule has 5 nitrogen and oxygen atoms in total. The highest BCUT2D eigenvalue weighted by molar-refractivity contribution is 14.0. The van der Waals surface area contributed by atoms with E-state index >= 15 is 0 Å². The van der Waals surface area contributed by atoms with Crippen LogP contribution in [-0.4, -0.2) is 53.6 Å². The first kappa shape index (κ1) is 20.5. The minimum Gasteiger partial charge on any atom is -0.353 e. The zero-order chi connectivity index (χ0) is 16.9. The van der Waals surface area contributed by atoms with E-state index in [0.29, 0.717) is 0 Å². The van der Waals surface area contributed by atoms with Gasteiger partial charge in [-0.3, -0.25) is 9.89 Å². The van der Waals surface area contributed by atoms with Crippen molar-refractivity contribution in [3.63, 3.8) is 0 Å². The standard InChI is InChI=1S/C17H24ClN5S.HI/c1-19-17(20-12-14-4-3-7-21(14)2)23-10-8-22(9-11-23)13-15-5-6-16(18)24-15;/h3-7H,8-13H2,1-2H3,(H,19,20);1H. The predicted octanol–water partition coefficient (Wildman–Crippen LogP) is 3.25. The number of guanidine groups is 1. The second-order valence-electron chi connectivity index (χ2n) is 5.98. The number of hydrogen-bond donors (Lipinski definition) is 1. The Hall–Kier alpha value is -0.770. The Morgan fingerprint density at radius 3 is 2.56 bits per heavy atom. The van der Waals surface area contributed by atoms with Crippen LogP contribution in [0.15, 0.2) is 35.5 Å². The van der Waals surface area contributed by atoms with Gasteiger partial charge in [0.15, 0.2) is 5.96 Å². The van der Waals surface area contributed by atoms with Gasteiger partial charge in [-0.1, -0.05) is 11.6 Å². The van der Waals surface area contributed by atoms with E-state index in [2.05, 4.69) is 56.1 Å². The molecular weight excluding hydrogens is 469 g/mol. The molecule has 0 aliphatic carbocycles. The minimum atomic E-state index is 0. The van der Waals surface area contributed by atoms with Gasteiger partial charge in [-0.05, 0) is 24.3 Å². The smallest absolute Gasteiger partial charge is 0.194 e. The van der Waals surface area contributed by atoms with Crippen molar-refractivity contribution in [2.45, 2.75) is 13.1 Å². The molecule has 25 heavy (non-hydrogen) atoms. The summed E-state index contributed by atoms with van der Waals surface area (Å²) in [5, 5.41) is 3.47. The van der Waals surface area contributed by atoms with Gasteiger partial charge in [0.05, 0.1) is 10.9 Å². The topological polar surface area (TPSA) is 35.8 Å². The summed E-state index contributed by atoms with van der Waals surface area (Å²) in [6, 6.07) is 8.30. The van der Waals surface area contributed by atoms with Crippen molar-refractivity contribution in [2.75, 3.05) is 33.2 Å². The van der Waals surface area contributed by atoms with E-state index in [-0.39, 0.29) is 24.0 Å². The number of nitrogens with zero attached hydrogens (tertiary/aromatic N) is 4. The molecule has 3 heterocycles. The van der Waals surface area contributed by atoms with Gasteiger partial charge >= 0.3 is 0 Å². The molecule has 0 radical (unpaired) electrons. The molecule has 2 aromatic heterocycles. The van der Waals surface area contributed by atoms with E-state index < -0.39 is 0 Å². The van der Waals surface area contributed by atoms with E-state index in [1.165, 1.54) is 10.6 Å². The SMILES string of the molecule is CN=C(NCc1cccn1C)N1CCN(Cc2ccc(Cl)s2)CC1.I. The fourth-order valence-electron chi connectivity index (χ4n) is 2.96. The van der Waals surface area contributed by atoms with Crippen molar-refractivity contribution in [3.8, 4) is 0 Å². The number of aryl methyl sites for hydroxylation is 1. The number of aromatic nitrogens is 1. The quantitative estimate of drug-likeness (QED) is 0.403. The van der Waals surface area contributed by atoms with Crippen molar-refractivity contribution < 1.29 is 0 Å². The Balaban J connectivity index is 0.00000225. The average molecular weight is 494 g/mol. The molecule has 1 N–H and O–H groups in total. The van der Waals surface area contributed by atoms with Gasteiger partial charge in [-0.15, -0.1) is 35.3 Å². The Morgan fingerprint density at radius 2 is 2.00 bits per heavy atom. The Morgan fingerprint density at radius 1 is 1.24 bits per heavy atom. The molecule has 3 rings (SSSR count). The van der Waals surface area contributed by atoms with E-state index in [4.69, 9.17) is 11.6 Å². The highest BCUT2D eigenvalue weighted by Crippen LogP contribution is 2.23. The van der Waals surface area contributed by atoms with Crippen LogP contribution in [-0.2, 0) is 20.1 Å². The van der Waals surface area contributed by atoms with Crippen LogP contribution in [0.4, 0.5) is 0 Å². The molecule has 1 saturated heterocycles. The van der Waals surface area contributed by atoms with Gasteiger partial charge in [-0.25, -0.2) is 0 Å². The second kappa shape index (κ2) is 9.80. The highest BCUT2D eigenvalue weighted by Gasteiger charge is 2.20. The molecule has 1 aliphatic heterocycles. The summed E-state index contributed by atoms with van der Waals surface area (Å²) in [6.45, 7) is 5.85. The third-order valence-electron chi connectivity index (χ3n) is 4.37. The molecular formula is C17H25ClIN5S. The lowest BCUT2D eigenvalue weighted by atomic mass is 10.3. The Bertz CT molecular complexity index is 691. The summed E-state index contributed by atoms with van der Waals surface area (Å²) in [5.41, 5.74) is 1.25. The van der Waals surface area contributed by atoms with Crippen LogP contribution in [0.3, 0.4) is 0 Å². The van der Waals surface area contributed by atoms with Crippen LogP contribution < -0.4 is 5.32 Å².